The number of rotatable bonds is 4. The van der Waals surface area contributed by atoms with E-state index in [1.165, 1.54) is 0 Å². The van der Waals surface area contributed by atoms with Gasteiger partial charge in [-0.15, -0.1) is 11.3 Å². The molecule has 0 amide bonds. The van der Waals surface area contributed by atoms with Crippen molar-refractivity contribution in [1.29, 1.82) is 5.41 Å². The second-order valence-electron chi connectivity index (χ2n) is 3.46. The number of nitrogens with zero attached hydrogens (tertiary/aromatic N) is 2. The summed E-state index contributed by atoms with van der Waals surface area (Å²) in [6, 6.07) is 5.84. The summed E-state index contributed by atoms with van der Waals surface area (Å²) in [6.45, 7) is 2.24. The van der Waals surface area contributed by atoms with Crippen LogP contribution < -0.4 is 10.5 Å². The highest BCUT2D eigenvalue weighted by atomic mass is 32.1. The molecule has 17 heavy (non-hydrogen) atoms. The van der Waals surface area contributed by atoms with Gasteiger partial charge >= 0.3 is 6.01 Å². The lowest BCUT2D eigenvalue weighted by Crippen LogP contribution is -2.14. The minimum Gasteiger partial charge on any atom is -0.458 e. The molecule has 0 unspecified atom stereocenters. The second kappa shape index (κ2) is 4.92. The van der Waals surface area contributed by atoms with Crippen LogP contribution in [0, 0.1) is 12.3 Å². The molecule has 0 atom stereocenters. The van der Waals surface area contributed by atoms with E-state index >= 15 is 0 Å². The Hall–Kier alpha value is -1.95. The lowest BCUT2D eigenvalue weighted by Gasteiger charge is -2.05. The van der Waals surface area contributed by atoms with Crippen LogP contribution in [0.1, 0.15) is 16.3 Å². The molecule has 88 valence electrons. The molecule has 0 fully saturated rings. The standard InChI is InChI=1S/C11H12N4OS/c1-7-5-9(10(12)13)15-11(14-7)16-6-8-3-2-4-17-8/h2-5H,6H2,1H3,(H3,12,13). The summed E-state index contributed by atoms with van der Waals surface area (Å²) in [5.74, 6) is -0.0866. The molecule has 3 N–H and O–H groups in total. The van der Waals surface area contributed by atoms with Crippen molar-refractivity contribution in [2.75, 3.05) is 0 Å². The number of thiophene rings is 1. The van der Waals surface area contributed by atoms with Crippen molar-refractivity contribution in [3.8, 4) is 6.01 Å². The van der Waals surface area contributed by atoms with Gasteiger partial charge in [0.1, 0.15) is 18.1 Å². The highest BCUT2D eigenvalue weighted by Gasteiger charge is 2.06. The van der Waals surface area contributed by atoms with Crippen molar-refractivity contribution in [2.45, 2.75) is 13.5 Å². The Kier molecular flexibility index (Phi) is 3.34. The summed E-state index contributed by atoms with van der Waals surface area (Å²) >= 11 is 1.61. The lowest BCUT2D eigenvalue weighted by molar-refractivity contribution is 0.283. The van der Waals surface area contributed by atoms with Gasteiger partial charge in [-0.05, 0) is 24.4 Å². The van der Waals surface area contributed by atoms with Crippen molar-refractivity contribution in [2.24, 2.45) is 5.73 Å². The molecule has 2 rings (SSSR count). The SMILES string of the molecule is Cc1cc(C(=N)N)nc(OCc2cccs2)n1. The smallest absolute Gasteiger partial charge is 0.317 e. The van der Waals surface area contributed by atoms with Crippen molar-refractivity contribution >= 4 is 17.2 Å². The molecule has 0 saturated heterocycles. The van der Waals surface area contributed by atoms with E-state index in [-0.39, 0.29) is 11.8 Å². The number of ether oxygens (including phenoxy) is 1. The molecule has 0 aliphatic rings. The Morgan fingerprint density at radius 2 is 2.35 bits per heavy atom. The van der Waals surface area contributed by atoms with Crippen molar-refractivity contribution in [3.05, 3.63) is 39.8 Å². The Balaban J connectivity index is 2.13. The topological polar surface area (TPSA) is 84.9 Å². The van der Waals surface area contributed by atoms with Crippen LogP contribution in [0.3, 0.4) is 0 Å². The third-order valence-corrected chi connectivity index (χ3v) is 2.88. The first-order chi connectivity index (χ1) is 8.15. The summed E-state index contributed by atoms with van der Waals surface area (Å²) < 4.78 is 5.46. The van der Waals surface area contributed by atoms with E-state index in [2.05, 4.69) is 9.97 Å². The molecule has 0 radical (unpaired) electrons. The van der Waals surface area contributed by atoms with Crippen LogP contribution in [0.4, 0.5) is 0 Å². The highest BCUT2D eigenvalue weighted by molar-refractivity contribution is 7.09. The van der Waals surface area contributed by atoms with Gasteiger partial charge < -0.3 is 10.5 Å². The van der Waals surface area contributed by atoms with Crippen molar-refractivity contribution < 1.29 is 4.74 Å². The van der Waals surface area contributed by atoms with Gasteiger partial charge in [0.2, 0.25) is 0 Å². The Morgan fingerprint density at radius 1 is 1.53 bits per heavy atom. The third kappa shape index (κ3) is 3.01. The van der Waals surface area contributed by atoms with Crippen LogP contribution in [-0.2, 0) is 6.61 Å². The third-order valence-electron chi connectivity index (χ3n) is 2.03. The first kappa shape index (κ1) is 11.5. The fourth-order valence-corrected chi connectivity index (χ4v) is 1.89. The van der Waals surface area contributed by atoms with Crippen molar-refractivity contribution in [3.63, 3.8) is 0 Å². The molecule has 0 aliphatic carbocycles. The van der Waals surface area contributed by atoms with E-state index in [1.54, 1.807) is 17.4 Å². The quantitative estimate of drug-likeness (QED) is 0.637. The van der Waals surface area contributed by atoms with E-state index < -0.39 is 0 Å². The Morgan fingerprint density at radius 3 is 3.00 bits per heavy atom. The van der Waals surface area contributed by atoms with E-state index in [1.807, 2.05) is 24.4 Å². The molecule has 2 aromatic rings. The summed E-state index contributed by atoms with van der Waals surface area (Å²) in [5, 5.41) is 9.32. The normalized spacial score (nSPS) is 10.2. The molecular weight excluding hydrogens is 236 g/mol. The molecule has 0 bridgehead atoms. The van der Waals surface area contributed by atoms with Crippen LogP contribution in [-0.4, -0.2) is 15.8 Å². The molecule has 0 aliphatic heterocycles. The average Bonchev–Trinajstić information content (AvgIpc) is 2.78. The van der Waals surface area contributed by atoms with E-state index in [4.69, 9.17) is 15.9 Å². The first-order valence-electron chi connectivity index (χ1n) is 5.00. The number of amidine groups is 1. The highest BCUT2D eigenvalue weighted by Crippen LogP contribution is 2.12. The fraction of sp³-hybridized carbons (Fsp3) is 0.182. The molecule has 2 heterocycles. The minimum atomic E-state index is -0.0866. The summed E-state index contributed by atoms with van der Waals surface area (Å²) in [6.07, 6.45) is 0. The predicted molar refractivity (Wildman–Crippen MR) is 66.4 cm³/mol. The summed E-state index contributed by atoms with van der Waals surface area (Å²) in [7, 11) is 0. The van der Waals surface area contributed by atoms with Crippen LogP contribution in [0.2, 0.25) is 0 Å². The number of aryl methyl sites for hydroxylation is 1. The molecule has 2 aromatic heterocycles. The van der Waals surface area contributed by atoms with Gasteiger partial charge in [0.05, 0.1) is 0 Å². The monoisotopic (exact) mass is 248 g/mol. The molecular formula is C11H12N4OS. The summed E-state index contributed by atoms with van der Waals surface area (Å²) in [5.41, 5.74) is 6.50. The maximum atomic E-state index is 7.33. The maximum absolute atomic E-state index is 7.33. The largest absolute Gasteiger partial charge is 0.458 e. The molecule has 0 saturated carbocycles. The molecule has 6 heteroatoms. The van der Waals surface area contributed by atoms with E-state index in [9.17, 15) is 0 Å². The molecule has 5 nitrogen and oxygen atoms in total. The Bertz CT molecular complexity index is 524. The summed E-state index contributed by atoms with van der Waals surface area (Å²) in [4.78, 5) is 9.29. The number of hydrogen-bond donors (Lipinski definition) is 2. The van der Waals surface area contributed by atoms with E-state index in [0.29, 0.717) is 12.3 Å². The van der Waals surface area contributed by atoms with Crippen LogP contribution in [0.25, 0.3) is 0 Å². The van der Waals surface area contributed by atoms with Gasteiger partial charge in [-0.1, -0.05) is 6.07 Å². The van der Waals surface area contributed by atoms with Crippen LogP contribution in [0.15, 0.2) is 23.6 Å². The van der Waals surface area contributed by atoms with Gasteiger partial charge in [0.15, 0.2) is 0 Å². The minimum absolute atomic E-state index is 0.0866. The average molecular weight is 248 g/mol. The number of nitrogens with two attached hydrogens (primary N) is 1. The fourth-order valence-electron chi connectivity index (χ4n) is 1.27. The van der Waals surface area contributed by atoms with Crippen LogP contribution >= 0.6 is 11.3 Å². The van der Waals surface area contributed by atoms with E-state index in [0.717, 1.165) is 10.6 Å². The Labute approximate surface area is 103 Å². The molecule has 0 aromatic carbocycles. The zero-order valence-electron chi connectivity index (χ0n) is 9.30. The predicted octanol–water partition coefficient (Wildman–Crippen LogP) is 1.71. The molecule has 0 spiro atoms. The van der Waals surface area contributed by atoms with Gasteiger partial charge in [0, 0.05) is 10.6 Å². The lowest BCUT2D eigenvalue weighted by atomic mass is 10.3. The van der Waals surface area contributed by atoms with Crippen LogP contribution in [0.5, 0.6) is 6.01 Å². The van der Waals surface area contributed by atoms with Crippen molar-refractivity contribution in [1.82, 2.24) is 9.97 Å². The number of aromatic nitrogens is 2. The zero-order valence-corrected chi connectivity index (χ0v) is 10.1. The number of nitrogens with one attached hydrogen (secondary N) is 1. The number of hydrogen-bond acceptors (Lipinski definition) is 5. The zero-order chi connectivity index (χ0) is 12.3. The van der Waals surface area contributed by atoms with Gasteiger partial charge in [0.25, 0.3) is 0 Å². The maximum Gasteiger partial charge on any atom is 0.317 e. The second-order valence-corrected chi connectivity index (χ2v) is 4.49. The van der Waals surface area contributed by atoms with Gasteiger partial charge in [-0.3, -0.25) is 5.41 Å². The first-order valence-corrected chi connectivity index (χ1v) is 5.88. The van der Waals surface area contributed by atoms with Gasteiger partial charge in [-0.2, -0.15) is 4.98 Å². The number of nitrogen functional groups attached to an aromatic ring is 1. The van der Waals surface area contributed by atoms with Gasteiger partial charge in [-0.25, -0.2) is 4.98 Å².